The molecule has 1 fully saturated rings. The van der Waals surface area contributed by atoms with Crippen molar-refractivity contribution in [2.24, 2.45) is 0 Å². The van der Waals surface area contributed by atoms with Crippen LogP contribution in [0.4, 0.5) is 15.9 Å². The summed E-state index contributed by atoms with van der Waals surface area (Å²) in [5, 5.41) is 0. The minimum Gasteiger partial charge on any atom is -0.368 e. The number of rotatable bonds is 2. The zero-order valence-electron chi connectivity index (χ0n) is 11.6. The van der Waals surface area contributed by atoms with Crippen molar-refractivity contribution in [1.29, 1.82) is 0 Å². The van der Waals surface area contributed by atoms with Crippen LogP contribution in [0.2, 0.25) is 0 Å². The molecule has 0 spiro atoms. The Labute approximate surface area is 118 Å². The number of hydrogen-bond acceptors (Lipinski definition) is 3. The van der Waals surface area contributed by atoms with Gasteiger partial charge in [-0.3, -0.25) is 0 Å². The monoisotopic (exact) mass is 271 g/mol. The van der Waals surface area contributed by atoms with Crippen molar-refractivity contribution in [1.82, 2.24) is 4.98 Å². The number of pyridine rings is 1. The first-order valence-electron chi connectivity index (χ1n) is 6.91. The highest BCUT2D eigenvalue weighted by Gasteiger charge is 2.18. The second-order valence-corrected chi connectivity index (χ2v) is 5.13. The van der Waals surface area contributed by atoms with E-state index in [1.165, 1.54) is 17.3 Å². The molecular weight excluding hydrogens is 253 g/mol. The SMILES string of the molecule is Cc1cccc(N2CCN(c3cccc(F)n3)CC2)c1. The normalized spacial score (nSPS) is 15.5. The van der Waals surface area contributed by atoms with Crippen LogP contribution in [-0.2, 0) is 0 Å². The fourth-order valence-electron chi connectivity index (χ4n) is 2.59. The third-order valence-electron chi connectivity index (χ3n) is 3.67. The molecule has 0 atom stereocenters. The summed E-state index contributed by atoms with van der Waals surface area (Å²) in [6.07, 6.45) is 0. The van der Waals surface area contributed by atoms with E-state index in [2.05, 4.69) is 46.0 Å². The van der Waals surface area contributed by atoms with Gasteiger partial charge in [-0.25, -0.2) is 4.98 Å². The van der Waals surface area contributed by atoms with Crippen LogP contribution in [-0.4, -0.2) is 31.2 Å². The minimum absolute atomic E-state index is 0.413. The quantitative estimate of drug-likeness (QED) is 0.783. The van der Waals surface area contributed by atoms with E-state index in [0.717, 1.165) is 32.0 Å². The van der Waals surface area contributed by atoms with Crippen molar-refractivity contribution in [3.63, 3.8) is 0 Å². The Morgan fingerprint density at radius 1 is 0.950 bits per heavy atom. The first kappa shape index (κ1) is 12.9. The summed E-state index contributed by atoms with van der Waals surface area (Å²) in [7, 11) is 0. The Hall–Kier alpha value is -2.10. The number of nitrogens with zero attached hydrogens (tertiary/aromatic N) is 3. The molecule has 2 aromatic rings. The van der Waals surface area contributed by atoms with Crippen LogP contribution in [0.1, 0.15) is 5.56 Å². The van der Waals surface area contributed by atoms with Crippen molar-refractivity contribution in [2.75, 3.05) is 36.0 Å². The highest BCUT2D eigenvalue weighted by Crippen LogP contribution is 2.20. The summed E-state index contributed by atoms with van der Waals surface area (Å²) < 4.78 is 13.2. The first-order valence-corrected chi connectivity index (χ1v) is 6.91. The third kappa shape index (κ3) is 2.74. The van der Waals surface area contributed by atoms with Gasteiger partial charge in [0.1, 0.15) is 5.82 Å². The van der Waals surface area contributed by atoms with Gasteiger partial charge < -0.3 is 9.80 Å². The average Bonchev–Trinajstić information content (AvgIpc) is 2.47. The van der Waals surface area contributed by atoms with E-state index >= 15 is 0 Å². The van der Waals surface area contributed by atoms with Gasteiger partial charge in [0.05, 0.1) is 0 Å². The van der Waals surface area contributed by atoms with Crippen LogP contribution in [0.3, 0.4) is 0 Å². The second kappa shape index (κ2) is 5.49. The molecule has 3 rings (SSSR count). The van der Waals surface area contributed by atoms with E-state index in [1.54, 1.807) is 6.07 Å². The molecule has 0 bridgehead atoms. The van der Waals surface area contributed by atoms with Gasteiger partial charge in [-0.05, 0) is 36.8 Å². The molecule has 2 heterocycles. The van der Waals surface area contributed by atoms with Crippen molar-refractivity contribution in [2.45, 2.75) is 6.92 Å². The lowest BCUT2D eigenvalue weighted by atomic mass is 10.2. The highest BCUT2D eigenvalue weighted by molar-refractivity contribution is 5.50. The number of hydrogen-bond donors (Lipinski definition) is 0. The van der Waals surface area contributed by atoms with Crippen LogP contribution < -0.4 is 9.80 Å². The van der Waals surface area contributed by atoms with E-state index in [9.17, 15) is 4.39 Å². The van der Waals surface area contributed by atoms with Gasteiger partial charge in [0.2, 0.25) is 5.95 Å². The molecular formula is C16H18FN3. The molecule has 0 radical (unpaired) electrons. The molecule has 1 aromatic carbocycles. The molecule has 1 aromatic heterocycles. The van der Waals surface area contributed by atoms with Crippen LogP contribution in [0, 0.1) is 12.9 Å². The largest absolute Gasteiger partial charge is 0.368 e. The summed E-state index contributed by atoms with van der Waals surface area (Å²) in [5.74, 6) is 0.317. The molecule has 4 heteroatoms. The molecule has 20 heavy (non-hydrogen) atoms. The molecule has 0 aliphatic carbocycles. The summed E-state index contributed by atoms with van der Waals surface area (Å²) in [4.78, 5) is 8.45. The zero-order valence-corrected chi connectivity index (χ0v) is 11.6. The van der Waals surface area contributed by atoms with Gasteiger partial charge in [-0.1, -0.05) is 18.2 Å². The molecule has 0 N–H and O–H groups in total. The summed E-state index contributed by atoms with van der Waals surface area (Å²) in [5.41, 5.74) is 2.54. The minimum atomic E-state index is -0.413. The first-order chi connectivity index (χ1) is 9.72. The molecule has 0 unspecified atom stereocenters. The topological polar surface area (TPSA) is 19.4 Å². The number of anilines is 2. The fourth-order valence-corrected chi connectivity index (χ4v) is 2.59. The maximum atomic E-state index is 13.2. The molecule has 1 saturated heterocycles. The van der Waals surface area contributed by atoms with E-state index in [0.29, 0.717) is 0 Å². The second-order valence-electron chi connectivity index (χ2n) is 5.13. The average molecular weight is 271 g/mol. The van der Waals surface area contributed by atoms with Gasteiger partial charge in [0.25, 0.3) is 0 Å². The summed E-state index contributed by atoms with van der Waals surface area (Å²) in [6.45, 7) is 5.70. The van der Waals surface area contributed by atoms with Crippen LogP contribution in [0.15, 0.2) is 42.5 Å². The van der Waals surface area contributed by atoms with Crippen molar-refractivity contribution < 1.29 is 4.39 Å². The number of benzene rings is 1. The summed E-state index contributed by atoms with van der Waals surface area (Å²) >= 11 is 0. The Balaban J connectivity index is 1.68. The van der Waals surface area contributed by atoms with Gasteiger partial charge in [-0.2, -0.15) is 4.39 Å². The molecule has 3 nitrogen and oxygen atoms in total. The predicted octanol–water partition coefficient (Wildman–Crippen LogP) is 2.86. The zero-order chi connectivity index (χ0) is 13.9. The maximum Gasteiger partial charge on any atom is 0.214 e. The number of aromatic nitrogens is 1. The highest BCUT2D eigenvalue weighted by atomic mass is 19.1. The lowest BCUT2D eigenvalue weighted by Gasteiger charge is -2.36. The maximum absolute atomic E-state index is 13.2. The Morgan fingerprint density at radius 3 is 2.35 bits per heavy atom. The lowest BCUT2D eigenvalue weighted by Crippen LogP contribution is -2.46. The Bertz CT molecular complexity index is 538. The van der Waals surface area contributed by atoms with Crippen LogP contribution in [0.25, 0.3) is 0 Å². The van der Waals surface area contributed by atoms with Crippen LogP contribution in [0.5, 0.6) is 0 Å². The molecule has 104 valence electrons. The van der Waals surface area contributed by atoms with Gasteiger partial charge in [-0.15, -0.1) is 0 Å². The van der Waals surface area contributed by atoms with E-state index in [1.807, 2.05) is 6.07 Å². The standard InChI is InChI=1S/C16H18FN3/c1-13-4-2-5-14(12-13)19-8-10-20(11-9-19)16-7-3-6-15(17)18-16/h2-7,12H,8-11H2,1H3. The van der Waals surface area contributed by atoms with Crippen molar-refractivity contribution in [3.8, 4) is 0 Å². The summed E-state index contributed by atoms with van der Waals surface area (Å²) in [6, 6.07) is 13.5. The predicted molar refractivity (Wildman–Crippen MR) is 79.8 cm³/mol. The molecule has 1 aliphatic heterocycles. The van der Waals surface area contributed by atoms with E-state index in [-0.39, 0.29) is 0 Å². The van der Waals surface area contributed by atoms with Gasteiger partial charge >= 0.3 is 0 Å². The van der Waals surface area contributed by atoms with E-state index < -0.39 is 5.95 Å². The van der Waals surface area contributed by atoms with Gasteiger partial charge in [0, 0.05) is 31.9 Å². The fraction of sp³-hybridized carbons (Fsp3) is 0.312. The number of halogens is 1. The smallest absolute Gasteiger partial charge is 0.214 e. The van der Waals surface area contributed by atoms with Crippen molar-refractivity contribution >= 4 is 11.5 Å². The number of piperazine rings is 1. The lowest BCUT2D eigenvalue weighted by molar-refractivity contribution is 0.575. The molecule has 0 saturated carbocycles. The van der Waals surface area contributed by atoms with Gasteiger partial charge in [0.15, 0.2) is 0 Å². The van der Waals surface area contributed by atoms with Crippen LogP contribution >= 0.6 is 0 Å². The Morgan fingerprint density at radius 2 is 1.65 bits per heavy atom. The molecule has 0 amide bonds. The number of aryl methyl sites for hydroxylation is 1. The third-order valence-corrected chi connectivity index (χ3v) is 3.67. The molecule has 1 aliphatic rings. The van der Waals surface area contributed by atoms with Crippen molar-refractivity contribution in [3.05, 3.63) is 54.0 Å². The Kier molecular flexibility index (Phi) is 3.54. The van der Waals surface area contributed by atoms with E-state index in [4.69, 9.17) is 0 Å².